The van der Waals surface area contributed by atoms with Crippen LogP contribution < -0.4 is 9.64 Å². The zero-order valence-corrected chi connectivity index (χ0v) is 13.5. The summed E-state index contributed by atoms with van der Waals surface area (Å²) in [7, 11) is 1.57. The summed E-state index contributed by atoms with van der Waals surface area (Å²) < 4.78 is 5.14. The van der Waals surface area contributed by atoms with Gasteiger partial charge in [0.25, 0.3) is 5.91 Å². The predicted octanol–water partition coefficient (Wildman–Crippen LogP) is 2.10. The molecule has 0 bridgehead atoms. The molecule has 7 heteroatoms. The summed E-state index contributed by atoms with van der Waals surface area (Å²) in [6, 6.07) is 7.10. The largest absolute Gasteiger partial charge is 0.497 e. The standard InChI is InChI=1S/C16H17ClN4O2/c1-23-13-4-5-18-14(10-13)16(22)21-8-6-20(7-9-21)15-3-2-12(17)11-19-15/h2-5,10-11H,6-9H2,1H3. The van der Waals surface area contributed by atoms with Gasteiger partial charge in [-0.1, -0.05) is 11.6 Å². The maximum absolute atomic E-state index is 12.5. The second-order valence-electron chi connectivity index (χ2n) is 5.19. The minimum absolute atomic E-state index is 0.0763. The smallest absolute Gasteiger partial charge is 0.272 e. The maximum atomic E-state index is 12.5. The van der Waals surface area contributed by atoms with Gasteiger partial charge in [0, 0.05) is 44.6 Å². The third-order valence-electron chi connectivity index (χ3n) is 3.79. The number of piperazine rings is 1. The number of hydrogen-bond donors (Lipinski definition) is 0. The van der Waals surface area contributed by atoms with Crippen LogP contribution in [0.5, 0.6) is 5.75 Å². The Balaban J connectivity index is 1.64. The molecule has 3 heterocycles. The quantitative estimate of drug-likeness (QED) is 0.861. The molecule has 0 N–H and O–H groups in total. The number of pyridine rings is 2. The zero-order chi connectivity index (χ0) is 16.2. The molecule has 0 radical (unpaired) electrons. The van der Waals surface area contributed by atoms with Crippen molar-refractivity contribution in [2.45, 2.75) is 0 Å². The van der Waals surface area contributed by atoms with Crippen molar-refractivity contribution in [2.24, 2.45) is 0 Å². The van der Waals surface area contributed by atoms with Gasteiger partial charge in [-0.25, -0.2) is 4.98 Å². The Morgan fingerprint density at radius 2 is 1.96 bits per heavy atom. The van der Waals surface area contributed by atoms with Gasteiger partial charge in [-0.15, -0.1) is 0 Å². The summed E-state index contributed by atoms with van der Waals surface area (Å²) in [5, 5.41) is 0.617. The van der Waals surface area contributed by atoms with Crippen LogP contribution in [0.25, 0.3) is 0 Å². The Bertz CT molecular complexity index is 685. The summed E-state index contributed by atoms with van der Waals surface area (Å²) >= 11 is 5.86. The van der Waals surface area contributed by atoms with Crippen molar-refractivity contribution in [3.63, 3.8) is 0 Å². The Labute approximate surface area is 139 Å². The molecule has 0 aromatic carbocycles. The number of anilines is 1. The highest BCUT2D eigenvalue weighted by molar-refractivity contribution is 6.30. The van der Waals surface area contributed by atoms with Crippen LogP contribution in [0.1, 0.15) is 10.5 Å². The fraction of sp³-hybridized carbons (Fsp3) is 0.312. The molecule has 23 heavy (non-hydrogen) atoms. The normalized spacial score (nSPS) is 14.7. The van der Waals surface area contributed by atoms with Crippen LogP contribution in [0.15, 0.2) is 36.7 Å². The lowest BCUT2D eigenvalue weighted by molar-refractivity contribution is 0.0740. The van der Waals surface area contributed by atoms with Gasteiger partial charge in [-0.3, -0.25) is 9.78 Å². The highest BCUT2D eigenvalue weighted by Crippen LogP contribution is 2.18. The molecule has 2 aromatic heterocycles. The van der Waals surface area contributed by atoms with Gasteiger partial charge >= 0.3 is 0 Å². The molecule has 120 valence electrons. The van der Waals surface area contributed by atoms with Crippen LogP contribution in [0.2, 0.25) is 5.02 Å². The molecule has 1 aliphatic heterocycles. The lowest BCUT2D eigenvalue weighted by Crippen LogP contribution is -2.49. The van der Waals surface area contributed by atoms with Gasteiger partial charge < -0.3 is 14.5 Å². The molecule has 1 saturated heterocycles. The fourth-order valence-electron chi connectivity index (χ4n) is 2.51. The first-order valence-electron chi connectivity index (χ1n) is 7.33. The number of amides is 1. The number of carbonyl (C=O) groups is 1. The summed E-state index contributed by atoms with van der Waals surface area (Å²) in [4.78, 5) is 24.9. The molecule has 1 amide bonds. The van der Waals surface area contributed by atoms with E-state index in [9.17, 15) is 4.79 Å². The van der Waals surface area contributed by atoms with E-state index < -0.39 is 0 Å². The van der Waals surface area contributed by atoms with Gasteiger partial charge in [-0.05, 0) is 18.2 Å². The van der Waals surface area contributed by atoms with E-state index in [2.05, 4.69) is 14.9 Å². The first-order chi connectivity index (χ1) is 11.2. The topological polar surface area (TPSA) is 58.6 Å². The molecule has 1 aliphatic rings. The summed E-state index contributed by atoms with van der Waals surface area (Å²) in [6.07, 6.45) is 3.22. The molecule has 6 nitrogen and oxygen atoms in total. The van der Waals surface area contributed by atoms with Gasteiger partial charge in [0.05, 0.1) is 12.1 Å². The fourth-order valence-corrected chi connectivity index (χ4v) is 2.62. The van der Waals surface area contributed by atoms with Crippen molar-refractivity contribution in [1.29, 1.82) is 0 Å². The Morgan fingerprint density at radius 3 is 2.61 bits per heavy atom. The third-order valence-corrected chi connectivity index (χ3v) is 4.01. The molecule has 0 spiro atoms. The van der Waals surface area contributed by atoms with E-state index in [4.69, 9.17) is 16.3 Å². The monoisotopic (exact) mass is 332 g/mol. The second-order valence-corrected chi connectivity index (χ2v) is 5.63. The zero-order valence-electron chi connectivity index (χ0n) is 12.8. The van der Waals surface area contributed by atoms with E-state index in [1.807, 2.05) is 12.1 Å². The number of aromatic nitrogens is 2. The Hall–Kier alpha value is -2.34. The highest BCUT2D eigenvalue weighted by atomic mass is 35.5. The van der Waals surface area contributed by atoms with Crippen molar-refractivity contribution in [1.82, 2.24) is 14.9 Å². The van der Waals surface area contributed by atoms with Crippen molar-refractivity contribution in [3.05, 3.63) is 47.4 Å². The third kappa shape index (κ3) is 3.53. The van der Waals surface area contributed by atoms with Crippen molar-refractivity contribution >= 4 is 23.3 Å². The van der Waals surface area contributed by atoms with Gasteiger partial charge in [-0.2, -0.15) is 0 Å². The van der Waals surface area contributed by atoms with E-state index in [1.54, 1.807) is 36.5 Å². The van der Waals surface area contributed by atoms with E-state index in [0.29, 0.717) is 29.6 Å². The SMILES string of the molecule is COc1ccnc(C(=O)N2CCN(c3ccc(Cl)cn3)CC2)c1. The van der Waals surface area contributed by atoms with Crippen LogP contribution in [-0.4, -0.2) is 54.1 Å². The van der Waals surface area contributed by atoms with Gasteiger partial charge in [0.15, 0.2) is 0 Å². The van der Waals surface area contributed by atoms with Crippen LogP contribution in [-0.2, 0) is 0 Å². The van der Waals surface area contributed by atoms with Crippen molar-refractivity contribution in [2.75, 3.05) is 38.2 Å². The molecule has 2 aromatic rings. The molecular formula is C16H17ClN4O2. The van der Waals surface area contributed by atoms with E-state index in [0.717, 1.165) is 18.9 Å². The lowest BCUT2D eigenvalue weighted by Gasteiger charge is -2.35. The maximum Gasteiger partial charge on any atom is 0.272 e. The Morgan fingerprint density at radius 1 is 1.17 bits per heavy atom. The summed E-state index contributed by atoms with van der Waals surface area (Å²) in [6.45, 7) is 2.71. The number of methoxy groups -OCH3 is 1. The Kier molecular flexibility index (Phi) is 4.62. The molecule has 0 unspecified atom stereocenters. The first kappa shape index (κ1) is 15.6. The van der Waals surface area contributed by atoms with Crippen LogP contribution in [0.3, 0.4) is 0 Å². The number of ether oxygens (including phenoxy) is 1. The number of rotatable bonds is 3. The van der Waals surface area contributed by atoms with E-state index >= 15 is 0 Å². The minimum atomic E-state index is -0.0763. The molecule has 0 atom stereocenters. The molecule has 1 fully saturated rings. The molecule has 3 rings (SSSR count). The average molecular weight is 333 g/mol. The van der Waals surface area contributed by atoms with Gasteiger partial charge in [0.2, 0.25) is 0 Å². The molecule has 0 saturated carbocycles. The van der Waals surface area contributed by atoms with Crippen LogP contribution in [0.4, 0.5) is 5.82 Å². The predicted molar refractivity (Wildman–Crippen MR) is 88.2 cm³/mol. The molecule has 0 aliphatic carbocycles. The number of nitrogens with zero attached hydrogens (tertiary/aromatic N) is 4. The van der Waals surface area contributed by atoms with Crippen molar-refractivity contribution < 1.29 is 9.53 Å². The second kappa shape index (κ2) is 6.83. The molecular weight excluding hydrogens is 316 g/mol. The lowest BCUT2D eigenvalue weighted by atomic mass is 10.2. The summed E-state index contributed by atoms with van der Waals surface area (Å²) in [5.74, 6) is 1.43. The highest BCUT2D eigenvalue weighted by Gasteiger charge is 2.23. The first-order valence-corrected chi connectivity index (χ1v) is 7.71. The van der Waals surface area contributed by atoms with E-state index in [-0.39, 0.29) is 5.91 Å². The number of hydrogen-bond acceptors (Lipinski definition) is 5. The van der Waals surface area contributed by atoms with Crippen molar-refractivity contribution in [3.8, 4) is 5.75 Å². The van der Waals surface area contributed by atoms with Gasteiger partial charge in [0.1, 0.15) is 17.3 Å². The van der Waals surface area contributed by atoms with Crippen LogP contribution >= 0.6 is 11.6 Å². The number of carbonyl (C=O) groups excluding carboxylic acids is 1. The van der Waals surface area contributed by atoms with E-state index in [1.165, 1.54) is 0 Å². The average Bonchev–Trinajstić information content (AvgIpc) is 2.62. The number of halogens is 1. The van der Waals surface area contributed by atoms with Crippen LogP contribution in [0, 0.1) is 0 Å². The minimum Gasteiger partial charge on any atom is -0.497 e. The summed E-state index contributed by atoms with van der Waals surface area (Å²) in [5.41, 5.74) is 0.405.